The quantitative estimate of drug-likeness (QED) is 0.0364. The summed E-state index contributed by atoms with van der Waals surface area (Å²) in [7, 11) is 0. The minimum Gasteiger partial charge on any atom is -0.462 e. The maximum Gasteiger partial charge on any atom is 0.306 e. The van der Waals surface area contributed by atoms with Crippen LogP contribution in [0.2, 0.25) is 0 Å². The first-order valence-corrected chi connectivity index (χ1v) is 21.4. The van der Waals surface area contributed by atoms with Crippen molar-refractivity contribution < 1.29 is 28.6 Å². The second-order valence-electron chi connectivity index (χ2n) is 15.1. The van der Waals surface area contributed by atoms with Gasteiger partial charge in [0.1, 0.15) is 13.2 Å². The summed E-state index contributed by atoms with van der Waals surface area (Å²) >= 11 is 0. The third-order valence-electron chi connectivity index (χ3n) is 9.54. The van der Waals surface area contributed by atoms with Crippen molar-refractivity contribution >= 4 is 17.9 Å². The van der Waals surface area contributed by atoms with E-state index in [2.05, 4.69) is 27.7 Å². The predicted molar refractivity (Wildman–Crippen MR) is 206 cm³/mol. The van der Waals surface area contributed by atoms with Crippen LogP contribution in [-0.2, 0) is 28.6 Å². The number of hydrogen-bond acceptors (Lipinski definition) is 6. The summed E-state index contributed by atoms with van der Waals surface area (Å²) in [5, 5.41) is 0. The van der Waals surface area contributed by atoms with Gasteiger partial charge in [0.05, 0.1) is 0 Å². The molecule has 49 heavy (non-hydrogen) atoms. The molecule has 0 spiro atoms. The Kier molecular flexibility index (Phi) is 36.4. The molecule has 0 aliphatic heterocycles. The standard InChI is InChI=1S/C43H82O6/c1-5-7-9-11-13-15-19-22-26-30-34-41(44)47-37-40(49-43(46)36-32-28-24-17-14-12-10-8-6-2)38-48-42(45)35-31-27-23-20-16-18-21-25-29-33-39(3)4/h39-40H,5-38H2,1-4H3/t40-/m1/s1. The molecule has 0 aromatic rings. The molecule has 0 fully saturated rings. The van der Waals surface area contributed by atoms with E-state index >= 15 is 0 Å². The van der Waals surface area contributed by atoms with E-state index in [-0.39, 0.29) is 31.1 Å². The lowest BCUT2D eigenvalue weighted by molar-refractivity contribution is -0.167. The molecule has 0 amide bonds. The summed E-state index contributed by atoms with van der Waals surface area (Å²) in [5.74, 6) is -0.0542. The van der Waals surface area contributed by atoms with E-state index in [4.69, 9.17) is 14.2 Å². The van der Waals surface area contributed by atoms with Crippen LogP contribution in [0.15, 0.2) is 0 Å². The van der Waals surface area contributed by atoms with Gasteiger partial charge in [-0.3, -0.25) is 14.4 Å². The molecule has 0 N–H and O–H groups in total. The molecule has 0 rings (SSSR count). The van der Waals surface area contributed by atoms with Gasteiger partial charge in [0.2, 0.25) is 0 Å². The van der Waals surface area contributed by atoms with Gasteiger partial charge in [-0.05, 0) is 25.2 Å². The molecule has 0 unspecified atom stereocenters. The first-order chi connectivity index (χ1) is 23.9. The van der Waals surface area contributed by atoms with Crippen LogP contribution >= 0.6 is 0 Å². The van der Waals surface area contributed by atoms with Crippen molar-refractivity contribution in [2.75, 3.05) is 13.2 Å². The maximum absolute atomic E-state index is 12.6. The highest BCUT2D eigenvalue weighted by Crippen LogP contribution is 2.15. The first kappa shape index (κ1) is 47.4. The van der Waals surface area contributed by atoms with Crippen molar-refractivity contribution in [1.29, 1.82) is 0 Å². The first-order valence-electron chi connectivity index (χ1n) is 21.4. The molecule has 0 aliphatic carbocycles. The highest BCUT2D eigenvalue weighted by molar-refractivity contribution is 5.71. The summed E-state index contributed by atoms with van der Waals surface area (Å²) < 4.78 is 16.6. The lowest BCUT2D eigenvalue weighted by atomic mass is 10.0. The van der Waals surface area contributed by atoms with Crippen molar-refractivity contribution in [1.82, 2.24) is 0 Å². The molecule has 1 atom stereocenters. The topological polar surface area (TPSA) is 78.9 Å². The van der Waals surface area contributed by atoms with Gasteiger partial charge in [0.15, 0.2) is 6.10 Å². The summed E-state index contributed by atoms with van der Waals surface area (Å²) in [6, 6.07) is 0. The van der Waals surface area contributed by atoms with Gasteiger partial charge in [0.25, 0.3) is 0 Å². The summed E-state index contributed by atoms with van der Waals surface area (Å²) in [6.45, 7) is 8.93. The summed E-state index contributed by atoms with van der Waals surface area (Å²) in [6.07, 6.45) is 35.2. The molecule has 0 aromatic carbocycles. The number of carbonyl (C=O) groups is 3. The lowest BCUT2D eigenvalue weighted by Crippen LogP contribution is -2.30. The van der Waals surface area contributed by atoms with Crippen LogP contribution in [0.1, 0.15) is 233 Å². The van der Waals surface area contributed by atoms with E-state index in [1.165, 1.54) is 128 Å². The zero-order chi connectivity index (χ0) is 36.0. The van der Waals surface area contributed by atoms with E-state index < -0.39 is 6.10 Å². The van der Waals surface area contributed by atoms with Gasteiger partial charge in [0, 0.05) is 19.3 Å². The number of esters is 3. The zero-order valence-corrected chi connectivity index (χ0v) is 33.1. The van der Waals surface area contributed by atoms with Gasteiger partial charge in [-0.25, -0.2) is 0 Å². The Labute approximate surface area is 304 Å². The van der Waals surface area contributed by atoms with Gasteiger partial charge < -0.3 is 14.2 Å². The Balaban J connectivity index is 4.32. The van der Waals surface area contributed by atoms with Crippen LogP contribution in [-0.4, -0.2) is 37.2 Å². The molecule has 0 bridgehead atoms. The molecule has 6 heteroatoms. The van der Waals surface area contributed by atoms with Crippen LogP contribution < -0.4 is 0 Å². The van der Waals surface area contributed by atoms with E-state index in [1.54, 1.807) is 0 Å². The number of carbonyl (C=O) groups excluding carboxylic acids is 3. The van der Waals surface area contributed by atoms with Crippen molar-refractivity contribution in [3.8, 4) is 0 Å². The van der Waals surface area contributed by atoms with Crippen LogP contribution in [0.5, 0.6) is 0 Å². The Bertz CT molecular complexity index is 736. The van der Waals surface area contributed by atoms with Crippen LogP contribution in [0.4, 0.5) is 0 Å². The number of unbranched alkanes of at least 4 members (excludes halogenated alkanes) is 25. The number of rotatable bonds is 38. The Morgan fingerprint density at radius 3 is 1.00 bits per heavy atom. The SMILES string of the molecule is CCCCCCCCCCCCC(=O)OC[C@H](COC(=O)CCCCCCCCCCCC(C)C)OC(=O)CCCCCCCCCCC. The molecule has 0 aromatic heterocycles. The maximum atomic E-state index is 12.6. The zero-order valence-electron chi connectivity index (χ0n) is 33.1. The minimum atomic E-state index is -0.757. The fourth-order valence-corrected chi connectivity index (χ4v) is 6.27. The third-order valence-corrected chi connectivity index (χ3v) is 9.54. The van der Waals surface area contributed by atoms with Crippen LogP contribution in [0.3, 0.4) is 0 Å². The summed E-state index contributed by atoms with van der Waals surface area (Å²) in [4.78, 5) is 37.5. The van der Waals surface area contributed by atoms with E-state index in [1.807, 2.05) is 0 Å². The molecule has 0 saturated heterocycles. The number of hydrogen-bond donors (Lipinski definition) is 0. The molecule has 0 saturated carbocycles. The monoisotopic (exact) mass is 695 g/mol. The molecule has 6 nitrogen and oxygen atoms in total. The fourth-order valence-electron chi connectivity index (χ4n) is 6.27. The highest BCUT2D eigenvalue weighted by Gasteiger charge is 2.19. The van der Waals surface area contributed by atoms with Gasteiger partial charge in [-0.15, -0.1) is 0 Å². The van der Waals surface area contributed by atoms with Gasteiger partial charge >= 0.3 is 17.9 Å². The van der Waals surface area contributed by atoms with Crippen molar-refractivity contribution in [3.05, 3.63) is 0 Å². The molecular weight excluding hydrogens is 612 g/mol. The smallest absolute Gasteiger partial charge is 0.306 e. The van der Waals surface area contributed by atoms with E-state index in [0.717, 1.165) is 63.7 Å². The summed E-state index contributed by atoms with van der Waals surface area (Å²) in [5.41, 5.74) is 0. The fraction of sp³-hybridized carbons (Fsp3) is 0.930. The average Bonchev–Trinajstić information content (AvgIpc) is 3.08. The Morgan fingerprint density at radius 1 is 0.388 bits per heavy atom. The third kappa shape index (κ3) is 37.5. The largest absolute Gasteiger partial charge is 0.462 e. The minimum absolute atomic E-state index is 0.0646. The van der Waals surface area contributed by atoms with Gasteiger partial charge in [-0.2, -0.15) is 0 Å². The van der Waals surface area contributed by atoms with Crippen LogP contribution in [0, 0.1) is 5.92 Å². The van der Waals surface area contributed by atoms with Crippen molar-refractivity contribution in [3.63, 3.8) is 0 Å². The Morgan fingerprint density at radius 2 is 0.673 bits per heavy atom. The normalized spacial score (nSPS) is 11.9. The van der Waals surface area contributed by atoms with Crippen LogP contribution in [0.25, 0.3) is 0 Å². The second kappa shape index (κ2) is 37.7. The van der Waals surface area contributed by atoms with E-state index in [9.17, 15) is 14.4 Å². The van der Waals surface area contributed by atoms with Gasteiger partial charge in [-0.1, -0.05) is 195 Å². The Hall–Kier alpha value is -1.59. The molecule has 0 heterocycles. The molecule has 0 aliphatic rings. The van der Waals surface area contributed by atoms with Crippen molar-refractivity contribution in [2.45, 2.75) is 239 Å². The molecule has 0 radical (unpaired) electrons. The molecule has 290 valence electrons. The average molecular weight is 695 g/mol. The second-order valence-corrected chi connectivity index (χ2v) is 15.1. The van der Waals surface area contributed by atoms with E-state index in [0.29, 0.717) is 19.3 Å². The molecular formula is C43H82O6. The number of ether oxygens (including phenoxy) is 3. The van der Waals surface area contributed by atoms with Crippen molar-refractivity contribution in [2.24, 2.45) is 5.92 Å². The lowest BCUT2D eigenvalue weighted by Gasteiger charge is -2.18. The highest BCUT2D eigenvalue weighted by atomic mass is 16.6. The predicted octanol–water partition coefficient (Wildman–Crippen LogP) is 13.2.